The first-order valence-electron chi connectivity index (χ1n) is 4.05. The molecule has 0 spiro atoms. The van der Waals surface area contributed by atoms with E-state index in [9.17, 15) is 0 Å². The summed E-state index contributed by atoms with van der Waals surface area (Å²) >= 11 is 0. The molecule has 0 atom stereocenters. The molecule has 66 valence electrons. The Labute approximate surface area is 76.6 Å². The van der Waals surface area contributed by atoms with E-state index in [0.717, 1.165) is 11.5 Å². The normalized spacial score (nSPS) is 10.5. The maximum atomic E-state index is 4.94. The maximum Gasteiger partial charge on any atom is 0.170 e. The monoisotopic (exact) mass is 174 g/mol. The van der Waals surface area contributed by atoms with Gasteiger partial charge in [-0.2, -0.15) is 0 Å². The molecular formula is C10H10N2O. The van der Waals surface area contributed by atoms with Crippen molar-refractivity contribution in [2.24, 2.45) is 7.05 Å². The molecule has 0 fully saturated rings. The van der Waals surface area contributed by atoms with E-state index in [-0.39, 0.29) is 0 Å². The zero-order valence-corrected chi connectivity index (χ0v) is 7.34. The number of benzene rings is 1. The van der Waals surface area contributed by atoms with Crippen LogP contribution in [0.5, 0.6) is 11.5 Å². The van der Waals surface area contributed by atoms with Crippen LogP contribution in [-0.4, -0.2) is 9.55 Å². The summed E-state index contributed by atoms with van der Waals surface area (Å²) in [5.41, 5.74) is 0. The zero-order valence-electron chi connectivity index (χ0n) is 7.34. The van der Waals surface area contributed by atoms with Gasteiger partial charge >= 0.3 is 0 Å². The summed E-state index contributed by atoms with van der Waals surface area (Å²) < 4.78 is 6.83. The van der Waals surface area contributed by atoms with E-state index >= 15 is 0 Å². The molecule has 0 unspecified atom stereocenters. The summed E-state index contributed by atoms with van der Waals surface area (Å²) in [6.07, 6.45) is 5.39. The first-order chi connectivity index (χ1) is 6.36. The van der Waals surface area contributed by atoms with Gasteiger partial charge in [0, 0.05) is 19.4 Å². The number of aryl methyl sites for hydroxylation is 1. The van der Waals surface area contributed by atoms with Crippen molar-refractivity contribution < 1.29 is 4.74 Å². The molecule has 0 saturated heterocycles. The van der Waals surface area contributed by atoms with Gasteiger partial charge < -0.3 is 9.30 Å². The largest absolute Gasteiger partial charge is 0.450 e. The molecule has 1 aliphatic heterocycles. The molecule has 2 heterocycles. The molecule has 3 rings (SSSR count). The predicted molar refractivity (Wildman–Crippen MR) is 49.7 cm³/mol. The van der Waals surface area contributed by atoms with Crippen LogP contribution in [0.2, 0.25) is 0 Å². The predicted octanol–water partition coefficient (Wildman–Crippen LogP) is 2.21. The molecule has 1 aromatic heterocycles. The van der Waals surface area contributed by atoms with E-state index in [4.69, 9.17) is 4.74 Å². The lowest BCUT2D eigenvalue weighted by molar-refractivity contribution is 0.650. The van der Waals surface area contributed by atoms with E-state index in [1.54, 1.807) is 12.5 Å². The van der Waals surface area contributed by atoms with Crippen LogP contribution in [0.1, 0.15) is 0 Å². The Kier molecular flexibility index (Phi) is 2.00. The summed E-state index contributed by atoms with van der Waals surface area (Å²) in [5, 5.41) is 0. The fourth-order valence-corrected chi connectivity index (χ4v) is 0.937. The number of aromatic nitrogens is 2. The number of nitrogens with zero attached hydrogens (tertiary/aromatic N) is 2. The average molecular weight is 174 g/mol. The maximum absolute atomic E-state index is 4.94. The van der Waals surface area contributed by atoms with Crippen LogP contribution in [0.15, 0.2) is 43.0 Å². The van der Waals surface area contributed by atoms with Crippen molar-refractivity contribution in [1.82, 2.24) is 9.55 Å². The van der Waals surface area contributed by atoms with Gasteiger partial charge in [-0.25, -0.2) is 4.98 Å². The molecule has 3 nitrogen and oxygen atoms in total. The lowest BCUT2D eigenvalue weighted by atomic mass is 10.4. The molecule has 2 aromatic rings. The van der Waals surface area contributed by atoms with E-state index < -0.39 is 0 Å². The molecule has 0 bridgehead atoms. The number of hydrogen-bond donors (Lipinski definition) is 0. The summed E-state index contributed by atoms with van der Waals surface area (Å²) in [6, 6.07) is 7.84. The molecule has 0 aliphatic carbocycles. The Morgan fingerprint density at radius 1 is 1.23 bits per heavy atom. The van der Waals surface area contributed by atoms with E-state index in [1.165, 1.54) is 0 Å². The van der Waals surface area contributed by atoms with Crippen molar-refractivity contribution in [3.05, 3.63) is 43.0 Å². The third-order valence-corrected chi connectivity index (χ3v) is 1.66. The quantitative estimate of drug-likeness (QED) is 0.489. The minimum atomic E-state index is 1.03. The summed E-state index contributed by atoms with van der Waals surface area (Å²) in [6.45, 7) is 0. The molecule has 0 radical (unpaired) electrons. The highest BCUT2D eigenvalue weighted by molar-refractivity contribution is 5.53. The highest BCUT2D eigenvalue weighted by Gasteiger charge is 2.15. The van der Waals surface area contributed by atoms with Crippen molar-refractivity contribution in [3.63, 3.8) is 0 Å². The molecule has 3 heteroatoms. The fraction of sp³-hybridized carbons (Fsp3) is 0.100. The third-order valence-electron chi connectivity index (χ3n) is 1.66. The van der Waals surface area contributed by atoms with Gasteiger partial charge in [0.25, 0.3) is 0 Å². The number of ether oxygens (including phenoxy) is 1. The van der Waals surface area contributed by atoms with E-state index in [2.05, 4.69) is 4.98 Å². The lowest BCUT2D eigenvalue weighted by Crippen LogP contribution is -1.76. The van der Waals surface area contributed by atoms with Crippen LogP contribution in [-0.2, 0) is 7.05 Å². The number of hydrogen-bond acceptors (Lipinski definition) is 2. The van der Waals surface area contributed by atoms with Crippen molar-refractivity contribution in [2.75, 3.05) is 0 Å². The first-order valence-corrected chi connectivity index (χ1v) is 4.05. The van der Waals surface area contributed by atoms with Crippen molar-refractivity contribution >= 4 is 0 Å². The molecule has 1 aromatic carbocycles. The molecule has 0 N–H and O–H groups in total. The second-order valence-electron chi connectivity index (χ2n) is 2.78. The Morgan fingerprint density at radius 3 is 2.23 bits per heavy atom. The number of rotatable bonds is 0. The van der Waals surface area contributed by atoms with Crippen LogP contribution < -0.4 is 4.74 Å². The molecule has 13 heavy (non-hydrogen) atoms. The van der Waals surface area contributed by atoms with Gasteiger partial charge in [-0.05, 0) is 12.1 Å². The minimum absolute atomic E-state index is 1.03. The van der Waals surface area contributed by atoms with E-state index in [0.29, 0.717) is 0 Å². The Balaban J connectivity index is 0.000000102. The second kappa shape index (κ2) is 3.31. The molecular weight excluding hydrogens is 164 g/mol. The lowest BCUT2D eigenvalue weighted by Gasteiger charge is -1.76. The van der Waals surface area contributed by atoms with Crippen LogP contribution in [0.4, 0.5) is 0 Å². The second-order valence-corrected chi connectivity index (χ2v) is 2.78. The van der Waals surface area contributed by atoms with Crippen LogP contribution in [0.3, 0.4) is 0 Å². The van der Waals surface area contributed by atoms with Gasteiger partial charge in [0.2, 0.25) is 0 Å². The smallest absolute Gasteiger partial charge is 0.170 e. The Bertz CT molecular complexity index is 361. The summed E-state index contributed by atoms with van der Waals surface area (Å²) in [7, 11) is 1.94. The zero-order chi connectivity index (χ0) is 9.10. The standard InChI is InChI=1S/C6H4O.C4H6N2/c1-2-4-6-5(3-1)7-6;1-6-3-2-5-4-6/h1-4H;2-4H,1H3. The number of imidazole rings is 1. The van der Waals surface area contributed by atoms with Gasteiger partial charge in [0.1, 0.15) is 0 Å². The van der Waals surface area contributed by atoms with Crippen LogP contribution in [0, 0.1) is 0 Å². The third kappa shape index (κ3) is 2.08. The van der Waals surface area contributed by atoms with Gasteiger partial charge in [0.15, 0.2) is 11.5 Å². The SMILES string of the molecule is Cn1ccnc1.c1ccc2c(c1)O2. The highest BCUT2D eigenvalue weighted by atomic mass is 16.6. The van der Waals surface area contributed by atoms with Crippen LogP contribution in [0.25, 0.3) is 0 Å². The minimum Gasteiger partial charge on any atom is -0.450 e. The topological polar surface area (TPSA) is 30.4 Å². The van der Waals surface area contributed by atoms with Gasteiger partial charge in [-0.15, -0.1) is 0 Å². The van der Waals surface area contributed by atoms with Gasteiger partial charge in [-0.1, -0.05) is 12.1 Å². The average Bonchev–Trinajstić information content (AvgIpc) is 2.80. The highest BCUT2D eigenvalue weighted by Crippen LogP contribution is 2.43. The molecule has 0 saturated carbocycles. The Hall–Kier alpha value is -1.77. The summed E-state index contributed by atoms with van der Waals surface area (Å²) in [4.78, 5) is 3.78. The van der Waals surface area contributed by atoms with Gasteiger partial charge in [-0.3, -0.25) is 0 Å². The van der Waals surface area contributed by atoms with E-state index in [1.807, 2.05) is 42.1 Å². The van der Waals surface area contributed by atoms with Crippen molar-refractivity contribution in [1.29, 1.82) is 0 Å². The number of para-hydroxylation sites is 2. The molecule has 0 amide bonds. The number of fused-ring (bicyclic) bond motifs is 1. The molecule has 1 aliphatic rings. The first kappa shape index (κ1) is 7.86. The van der Waals surface area contributed by atoms with Crippen molar-refractivity contribution in [2.45, 2.75) is 0 Å². The van der Waals surface area contributed by atoms with Crippen LogP contribution >= 0.6 is 0 Å². The summed E-state index contributed by atoms with van der Waals surface area (Å²) in [5.74, 6) is 2.06. The fourth-order valence-electron chi connectivity index (χ4n) is 0.937. The van der Waals surface area contributed by atoms with Crippen molar-refractivity contribution in [3.8, 4) is 11.5 Å². The van der Waals surface area contributed by atoms with Gasteiger partial charge in [0.05, 0.1) is 6.33 Å². The Morgan fingerprint density at radius 2 is 1.92 bits per heavy atom.